The summed E-state index contributed by atoms with van der Waals surface area (Å²) >= 11 is 2.67. The molecule has 0 unspecified atom stereocenters. The lowest BCUT2D eigenvalue weighted by molar-refractivity contribution is -0.119. The first-order valence-corrected chi connectivity index (χ1v) is 11.9. The minimum absolute atomic E-state index is 0.0644. The molecule has 31 heavy (non-hydrogen) atoms. The van der Waals surface area contributed by atoms with E-state index in [0.717, 1.165) is 12.0 Å². The van der Waals surface area contributed by atoms with Crippen molar-refractivity contribution in [1.29, 1.82) is 0 Å². The molecule has 0 radical (unpaired) electrons. The fraction of sp³-hybridized carbons (Fsp3) is 0.409. The first-order valence-electron chi connectivity index (χ1n) is 10.1. The third kappa shape index (κ3) is 5.59. The van der Waals surface area contributed by atoms with Gasteiger partial charge >= 0.3 is 0 Å². The van der Waals surface area contributed by atoms with Crippen LogP contribution in [0.2, 0.25) is 0 Å². The highest BCUT2D eigenvalue weighted by Crippen LogP contribution is 2.28. The smallest absolute Gasteiger partial charge is 0.272 e. The Bertz CT molecular complexity index is 1110. The number of amides is 1. The monoisotopic (exact) mass is 461 g/mol. The SMILES string of the molecule is CC[C@H](C)NC(=O)CSc1nc2ccsc2c(=O)n1CCc1ccc(OC)c(OC)c1. The highest BCUT2D eigenvalue weighted by Gasteiger charge is 2.15. The average Bonchev–Trinajstić information content (AvgIpc) is 3.25. The summed E-state index contributed by atoms with van der Waals surface area (Å²) in [6.45, 7) is 4.44. The van der Waals surface area contributed by atoms with Crippen LogP contribution in [-0.4, -0.2) is 41.5 Å². The molecule has 1 amide bonds. The van der Waals surface area contributed by atoms with Gasteiger partial charge in [0.15, 0.2) is 16.7 Å². The van der Waals surface area contributed by atoms with Crippen LogP contribution in [0.3, 0.4) is 0 Å². The zero-order chi connectivity index (χ0) is 22.4. The van der Waals surface area contributed by atoms with E-state index in [1.165, 1.54) is 23.1 Å². The first-order chi connectivity index (χ1) is 15.0. The second-order valence-electron chi connectivity index (χ2n) is 7.09. The molecule has 1 aromatic carbocycles. The van der Waals surface area contributed by atoms with Gasteiger partial charge in [-0.15, -0.1) is 11.3 Å². The zero-order valence-electron chi connectivity index (χ0n) is 18.1. The average molecular weight is 462 g/mol. The van der Waals surface area contributed by atoms with Crippen molar-refractivity contribution in [2.75, 3.05) is 20.0 Å². The molecular weight excluding hydrogens is 434 g/mol. The Balaban J connectivity index is 1.83. The van der Waals surface area contributed by atoms with E-state index >= 15 is 0 Å². The van der Waals surface area contributed by atoms with E-state index in [9.17, 15) is 9.59 Å². The zero-order valence-corrected chi connectivity index (χ0v) is 19.8. The van der Waals surface area contributed by atoms with E-state index in [1.807, 2.05) is 43.5 Å². The number of nitrogens with one attached hydrogen (secondary N) is 1. The molecule has 0 saturated heterocycles. The van der Waals surface area contributed by atoms with Crippen LogP contribution in [0.1, 0.15) is 25.8 Å². The summed E-state index contributed by atoms with van der Waals surface area (Å²) in [4.78, 5) is 30.0. The molecule has 7 nitrogen and oxygen atoms in total. The molecule has 1 atom stereocenters. The number of methoxy groups -OCH3 is 2. The number of aryl methyl sites for hydroxylation is 1. The van der Waals surface area contributed by atoms with E-state index < -0.39 is 0 Å². The molecule has 9 heteroatoms. The lowest BCUT2D eigenvalue weighted by Gasteiger charge is -2.14. The van der Waals surface area contributed by atoms with Crippen LogP contribution < -0.4 is 20.3 Å². The van der Waals surface area contributed by atoms with Gasteiger partial charge in [0, 0.05) is 12.6 Å². The number of aromatic nitrogens is 2. The standard InChI is InChI=1S/C22H27N3O4S2/c1-5-14(2)23-19(26)13-31-22-24-16-9-11-30-20(16)21(27)25(22)10-8-15-6-7-17(28-3)18(12-15)29-4/h6-7,9,11-12,14H,5,8,10,13H2,1-4H3,(H,23,26)/t14-/m0/s1. The maximum Gasteiger partial charge on any atom is 0.272 e. The van der Waals surface area contributed by atoms with Gasteiger partial charge in [-0.25, -0.2) is 4.98 Å². The summed E-state index contributed by atoms with van der Waals surface area (Å²) in [5, 5.41) is 5.36. The van der Waals surface area contributed by atoms with Crippen LogP contribution in [-0.2, 0) is 17.8 Å². The first kappa shape index (κ1) is 23.1. The number of hydrogen-bond donors (Lipinski definition) is 1. The number of thiophene rings is 1. The number of carbonyl (C=O) groups is 1. The minimum Gasteiger partial charge on any atom is -0.493 e. The van der Waals surface area contributed by atoms with Crippen molar-refractivity contribution in [2.24, 2.45) is 0 Å². The molecule has 0 fully saturated rings. The second kappa shape index (κ2) is 10.7. The van der Waals surface area contributed by atoms with Gasteiger partial charge in [-0.3, -0.25) is 14.2 Å². The van der Waals surface area contributed by atoms with Crippen molar-refractivity contribution in [1.82, 2.24) is 14.9 Å². The Kier molecular flexibility index (Phi) is 7.97. The number of benzene rings is 1. The summed E-state index contributed by atoms with van der Waals surface area (Å²) < 4.78 is 13.0. The normalized spacial score (nSPS) is 12.0. The van der Waals surface area contributed by atoms with Gasteiger partial charge in [-0.2, -0.15) is 0 Å². The predicted octanol–water partition coefficient (Wildman–Crippen LogP) is 3.72. The van der Waals surface area contributed by atoms with E-state index in [-0.39, 0.29) is 23.3 Å². The minimum atomic E-state index is -0.0784. The number of rotatable bonds is 10. The highest BCUT2D eigenvalue weighted by molar-refractivity contribution is 7.99. The third-order valence-corrected chi connectivity index (χ3v) is 6.82. The Morgan fingerprint density at radius 1 is 1.26 bits per heavy atom. The van der Waals surface area contributed by atoms with Gasteiger partial charge in [0.1, 0.15) is 4.70 Å². The molecule has 0 saturated carbocycles. The van der Waals surface area contributed by atoms with E-state index in [4.69, 9.17) is 9.47 Å². The van der Waals surface area contributed by atoms with E-state index in [2.05, 4.69) is 10.3 Å². The largest absolute Gasteiger partial charge is 0.493 e. The lowest BCUT2D eigenvalue weighted by atomic mass is 10.1. The van der Waals surface area contributed by atoms with E-state index in [1.54, 1.807) is 18.8 Å². The summed E-state index contributed by atoms with van der Waals surface area (Å²) in [6, 6.07) is 7.67. The number of ether oxygens (including phenoxy) is 2. The number of carbonyl (C=O) groups excluding carboxylic acids is 1. The molecule has 166 valence electrons. The molecule has 3 rings (SSSR count). The number of hydrogen-bond acceptors (Lipinski definition) is 7. The second-order valence-corrected chi connectivity index (χ2v) is 8.95. The molecule has 2 heterocycles. The van der Waals surface area contributed by atoms with Gasteiger partial charge in [-0.05, 0) is 48.9 Å². The maximum absolute atomic E-state index is 13.1. The number of nitrogens with zero attached hydrogens (tertiary/aromatic N) is 2. The van der Waals surface area contributed by atoms with E-state index in [0.29, 0.717) is 39.8 Å². The van der Waals surface area contributed by atoms with Crippen molar-refractivity contribution in [3.8, 4) is 11.5 Å². The quantitative estimate of drug-likeness (QED) is 0.366. The summed E-state index contributed by atoms with van der Waals surface area (Å²) in [5.74, 6) is 1.46. The molecule has 0 bridgehead atoms. The van der Waals surface area contributed by atoms with Gasteiger partial charge in [0.05, 0.1) is 25.5 Å². The van der Waals surface area contributed by atoms with Crippen molar-refractivity contribution in [3.05, 3.63) is 45.6 Å². The van der Waals surface area contributed by atoms with Crippen molar-refractivity contribution in [2.45, 2.75) is 44.4 Å². The summed E-state index contributed by atoms with van der Waals surface area (Å²) in [7, 11) is 3.19. The van der Waals surface area contributed by atoms with Gasteiger partial charge in [0.25, 0.3) is 5.56 Å². The Labute approximate surface area is 189 Å². The molecular formula is C22H27N3O4S2. The van der Waals surface area contributed by atoms with Crippen LogP contribution in [0.25, 0.3) is 10.2 Å². The topological polar surface area (TPSA) is 82.5 Å². The fourth-order valence-corrected chi connectivity index (χ4v) is 4.67. The predicted molar refractivity (Wildman–Crippen MR) is 126 cm³/mol. The van der Waals surface area contributed by atoms with Crippen LogP contribution in [0.5, 0.6) is 11.5 Å². The maximum atomic E-state index is 13.1. The molecule has 0 aliphatic carbocycles. The highest BCUT2D eigenvalue weighted by atomic mass is 32.2. The molecule has 1 N–H and O–H groups in total. The van der Waals surface area contributed by atoms with Crippen LogP contribution in [0.4, 0.5) is 0 Å². The van der Waals surface area contributed by atoms with Crippen LogP contribution >= 0.6 is 23.1 Å². The third-order valence-electron chi connectivity index (χ3n) is 4.95. The molecule has 3 aromatic rings. The Hall–Kier alpha value is -2.52. The van der Waals surface area contributed by atoms with Crippen molar-refractivity contribution < 1.29 is 14.3 Å². The fourth-order valence-electron chi connectivity index (χ4n) is 3.06. The van der Waals surface area contributed by atoms with Crippen molar-refractivity contribution in [3.63, 3.8) is 0 Å². The molecule has 0 spiro atoms. The summed E-state index contributed by atoms with van der Waals surface area (Å²) in [6.07, 6.45) is 1.48. The van der Waals surface area contributed by atoms with Crippen LogP contribution in [0.15, 0.2) is 39.6 Å². The Morgan fingerprint density at radius 3 is 2.74 bits per heavy atom. The van der Waals surface area contributed by atoms with Gasteiger partial charge in [0.2, 0.25) is 5.91 Å². The van der Waals surface area contributed by atoms with Crippen molar-refractivity contribution >= 4 is 39.2 Å². The van der Waals surface area contributed by atoms with Crippen LogP contribution in [0, 0.1) is 0 Å². The lowest BCUT2D eigenvalue weighted by Crippen LogP contribution is -2.33. The van der Waals surface area contributed by atoms with Gasteiger partial charge in [-0.1, -0.05) is 24.8 Å². The molecule has 0 aliphatic heterocycles. The molecule has 0 aliphatic rings. The summed E-state index contributed by atoms with van der Waals surface area (Å²) in [5.41, 5.74) is 1.61. The van der Waals surface area contributed by atoms with Gasteiger partial charge < -0.3 is 14.8 Å². The number of thioether (sulfide) groups is 1. The Morgan fingerprint density at radius 2 is 2.03 bits per heavy atom. The molecule has 2 aromatic heterocycles. The number of fused-ring (bicyclic) bond motifs is 1.